The Morgan fingerprint density at radius 2 is 1.87 bits per heavy atom. The highest BCUT2D eigenvalue weighted by molar-refractivity contribution is 5.21. The molecule has 1 aliphatic rings. The van der Waals surface area contributed by atoms with Gasteiger partial charge in [0.15, 0.2) is 0 Å². The molecule has 2 nitrogen and oxygen atoms in total. The number of ether oxygens (including phenoxy) is 1. The van der Waals surface area contributed by atoms with E-state index in [4.69, 9.17) is 10.00 Å². The molecule has 0 atom stereocenters. The van der Waals surface area contributed by atoms with Crippen LogP contribution in [0.1, 0.15) is 25.7 Å². The molecule has 1 fully saturated rings. The van der Waals surface area contributed by atoms with Gasteiger partial charge in [-0.05, 0) is 25.0 Å². The van der Waals surface area contributed by atoms with Crippen LogP contribution in [0, 0.1) is 16.7 Å². The average molecular weight is 201 g/mol. The maximum Gasteiger partial charge on any atom is 0.119 e. The molecule has 0 radical (unpaired) electrons. The van der Waals surface area contributed by atoms with E-state index >= 15 is 0 Å². The maximum atomic E-state index is 9.16. The van der Waals surface area contributed by atoms with Crippen LogP contribution >= 0.6 is 0 Å². The minimum Gasteiger partial charge on any atom is -0.492 e. The largest absolute Gasteiger partial charge is 0.492 e. The molecule has 0 saturated heterocycles. The molecule has 78 valence electrons. The molecule has 0 spiro atoms. The number of benzene rings is 1. The van der Waals surface area contributed by atoms with Gasteiger partial charge in [0.1, 0.15) is 12.4 Å². The Kier molecular flexibility index (Phi) is 2.91. The van der Waals surface area contributed by atoms with Crippen molar-refractivity contribution in [2.45, 2.75) is 25.7 Å². The van der Waals surface area contributed by atoms with Gasteiger partial charge >= 0.3 is 0 Å². The average Bonchev–Trinajstić information content (AvgIpc) is 2.77. The Morgan fingerprint density at radius 1 is 1.20 bits per heavy atom. The highest BCUT2D eigenvalue weighted by atomic mass is 16.5. The molecule has 0 aromatic heterocycles. The Hall–Kier alpha value is -1.49. The summed E-state index contributed by atoms with van der Waals surface area (Å²) in [4.78, 5) is 0. The van der Waals surface area contributed by atoms with E-state index in [0.29, 0.717) is 6.61 Å². The lowest BCUT2D eigenvalue weighted by molar-refractivity contribution is 0.201. The lowest BCUT2D eigenvalue weighted by Gasteiger charge is -2.20. The van der Waals surface area contributed by atoms with Crippen molar-refractivity contribution in [3.8, 4) is 11.8 Å². The van der Waals surface area contributed by atoms with Crippen molar-refractivity contribution in [2.75, 3.05) is 6.61 Å². The van der Waals surface area contributed by atoms with Gasteiger partial charge < -0.3 is 4.74 Å². The first kappa shape index (κ1) is 10.0. The molecule has 2 heteroatoms. The first-order valence-electron chi connectivity index (χ1n) is 5.44. The van der Waals surface area contributed by atoms with E-state index in [1.165, 1.54) is 0 Å². The fourth-order valence-corrected chi connectivity index (χ4v) is 2.08. The van der Waals surface area contributed by atoms with Crippen LogP contribution in [0.15, 0.2) is 30.3 Å². The molecular formula is C13H15NO. The van der Waals surface area contributed by atoms with Crippen LogP contribution in [0.25, 0.3) is 0 Å². The van der Waals surface area contributed by atoms with Crippen molar-refractivity contribution >= 4 is 0 Å². The molecule has 1 saturated carbocycles. The monoisotopic (exact) mass is 201 g/mol. The van der Waals surface area contributed by atoms with E-state index in [0.717, 1.165) is 31.4 Å². The highest BCUT2D eigenvalue weighted by Gasteiger charge is 2.34. The van der Waals surface area contributed by atoms with E-state index in [-0.39, 0.29) is 5.41 Å². The number of hydrogen-bond donors (Lipinski definition) is 0. The van der Waals surface area contributed by atoms with Crippen LogP contribution in [0.3, 0.4) is 0 Å². The lowest BCUT2D eigenvalue weighted by atomic mass is 9.89. The van der Waals surface area contributed by atoms with Crippen LogP contribution < -0.4 is 4.74 Å². The fraction of sp³-hybridized carbons (Fsp3) is 0.462. The quantitative estimate of drug-likeness (QED) is 0.752. The third-order valence-corrected chi connectivity index (χ3v) is 3.06. The first-order chi connectivity index (χ1) is 7.35. The van der Waals surface area contributed by atoms with Crippen molar-refractivity contribution in [1.82, 2.24) is 0 Å². The third kappa shape index (κ3) is 2.30. The first-order valence-corrected chi connectivity index (χ1v) is 5.44. The third-order valence-electron chi connectivity index (χ3n) is 3.06. The van der Waals surface area contributed by atoms with Crippen LogP contribution in [0.5, 0.6) is 5.75 Å². The van der Waals surface area contributed by atoms with E-state index in [1.807, 2.05) is 30.3 Å². The number of hydrogen-bond acceptors (Lipinski definition) is 2. The minimum atomic E-state index is -0.226. The molecule has 15 heavy (non-hydrogen) atoms. The molecule has 0 heterocycles. The number of nitriles is 1. The summed E-state index contributed by atoms with van der Waals surface area (Å²) in [6.45, 7) is 0.535. The van der Waals surface area contributed by atoms with Crippen molar-refractivity contribution < 1.29 is 4.74 Å². The fourth-order valence-electron chi connectivity index (χ4n) is 2.08. The van der Waals surface area contributed by atoms with Gasteiger partial charge in [0, 0.05) is 0 Å². The van der Waals surface area contributed by atoms with Crippen LogP contribution in [0.2, 0.25) is 0 Å². The Morgan fingerprint density at radius 3 is 2.47 bits per heavy atom. The van der Waals surface area contributed by atoms with Gasteiger partial charge in [-0.2, -0.15) is 5.26 Å². The van der Waals surface area contributed by atoms with Crippen LogP contribution in [-0.4, -0.2) is 6.61 Å². The second kappa shape index (κ2) is 4.35. The van der Waals surface area contributed by atoms with Crippen molar-refractivity contribution in [2.24, 2.45) is 5.41 Å². The Bertz CT molecular complexity index is 347. The van der Waals surface area contributed by atoms with Gasteiger partial charge in [0.05, 0.1) is 11.5 Å². The molecule has 1 aromatic carbocycles. The number of nitrogens with zero attached hydrogens (tertiary/aromatic N) is 1. The summed E-state index contributed by atoms with van der Waals surface area (Å²) in [6.07, 6.45) is 4.28. The summed E-state index contributed by atoms with van der Waals surface area (Å²) in [5.41, 5.74) is -0.226. The SMILES string of the molecule is N#CC1(COc2ccccc2)CCCC1. The maximum absolute atomic E-state index is 9.16. The Labute approximate surface area is 90.5 Å². The molecule has 0 N–H and O–H groups in total. The van der Waals surface area contributed by atoms with Gasteiger partial charge in [-0.25, -0.2) is 0 Å². The van der Waals surface area contributed by atoms with Gasteiger partial charge in [-0.3, -0.25) is 0 Å². The van der Waals surface area contributed by atoms with Crippen LogP contribution in [0.4, 0.5) is 0 Å². The molecule has 1 aliphatic carbocycles. The summed E-state index contributed by atoms with van der Waals surface area (Å²) in [5.74, 6) is 0.860. The number of para-hydroxylation sites is 1. The zero-order chi connectivity index (χ0) is 10.6. The zero-order valence-corrected chi connectivity index (χ0v) is 8.78. The molecule has 1 aromatic rings. The van der Waals surface area contributed by atoms with Gasteiger partial charge in [0.2, 0.25) is 0 Å². The summed E-state index contributed by atoms with van der Waals surface area (Å²) < 4.78 is 5.66. The second-order valence-electron chi connectivity index (χ2n) is 4.20. The predicted octanol–water partition coefficient (Wildman–Crippen LogP) is 3.15. The minimum absolute atomic E-state index is 0.226. The standard InChI is InChI=1S/C13H15NO/c14-10-13(8-4-5-9-13)11-15-12-6-2-1-3-7-12/h1-3,6-7H,4-5,8-9,11H2. The summed E-state index contributed by atoms with van der Waals surface area (Å²) in [6, 6.07) is 12.1. The van der Waals surface area contributed by atoms with E-state index in [1.54, 1.807) is 0 Å². The highest BCUT2D eigenvalue weighted by Crippen LogP contribution is 2.37. The Balaban J connectivity index is 1.95. The van der Waals surface area contributed by atoms with Crippen molar-refractivity contribution in [3.05, 3.63) is 30.3 Å². The zero-order valence-electron chi connectivity index (χ0n) is 8.78. The molecular weight excluding hydrogens is 186 g/mol. The molecule has 0 amide bonds. The molecule has 2 rings (SSSR count). The lowest BCUT2D eigenvalue weighted by Crippen LogP contribution is -2.23. The van der Waals surface area contributed by atoms with Crippen molar-refractivity contribution in [3.63, 3.8) is 0 Å². The summed E-state index contributed by atoms with van der Waals surface area (Å²) in [5, 5.41) is 9.16. The van der Waals surface area contributed by atoms with Gasteiger partial charge in [-0.15, -0.1) is 0 Å². The van der Waals surface area contributed by atoms with Crippen molar-refractivity contribution in [1.29, 1.82) is 5.26 Å². The summed E-state index contributed by atoms with van der Waals surface area (Å²) >= 11 is 0. The predicted molar refractivity (Wildman–Crippen MR) is 58.5 cm³/mol. The molecule has 0 aliphatic heterocycles. The van der Waals surface area contributed by atoms with Gasteiger partial charge in [0.25, 0.3) is 0 Å². The van der Waals surface area contributed by atoms with Gasteiger partial charge in [-0.1, -0.05) is 31.0 Å². The smallest absolute Gasteiger partial charge is 0.119 e. The van der Waals surface area contributed by atoms with E-state index in [9.17, 15) is 0 Å². The van der Waals surface area contributed by atoms with E-state index in [2.05, 4.69) is 6.07 Å². The topological polar surface area (TPSA) is 33.0 Å². The molecule has 0 unspecified atom stereocenters. The van der Waals surface area contributed by atoms with E-state index < -0.39 is 0 Å². The normalized spacial score (nSPS) is 18.3. The van der Waals surface area contributed by atoms with Crippen LogP contribution in [-0.2, 0) is 0 Å². The second-order valence-corrected chi connectivity index (χ2v) is 4.20. The number of rotatable bonds is 3. The summed E-state index contributed by atoms with van der Waals surface area (Å²) in [7, 11) is 0. The molecule has 0 bridgehead atoms.